The summed E-state index contributed by atoms with van der Waals surface area (Å²) in [6.45, 7) is 6.94. The summed E-state index contributed by atoms with van der Waals surface area (Å²) in [5.41, 5.74) is 1.28. The molecular formula is C17H28N2O. The van der Waals surface area contributed by atoms with Gasteiger partial charge in [0.1, 0.15) is 5.75 Å². The molecular weight excluding hydrogens is 248 g/mol. The Morgan fingerprint density at radius 1 is 1.30 bits per heavy atom. The molecule has 0 aromatic heterocycles. The van der Waals surface area contributed by atoms with Gasteiger partial charge in [0.05, 0.1) is 6.61 Å². The third kappa shape index (κ3) is 3.74. The van der Waals surface area contributed by atoms with E-state index in [2.05, 4.69) is 42.4 Å². The minimum absolute atomic E-state index is 0.341. The van der Waals surface area contributed by atoms with Crippen molar-refractivity contribution in [3.8, 4) is 5.75 Å². The summed E-state index contributed by atoms with van der Waals surface area (Å²) in [6.07, 6.45) is 4.08. The molecule has 1 aliphatic rings. The van der Waals surface area contributed by atoms with E-state index in [1.165, 1.54) is 24.8 Å². The van der Waals surface area contributed by atoms with Gasteiger partial charge in [-0.15, -0.1) is 0 Å². The van der Waals surface area contributed by atoms with E-state index >= 15 is 0 Å². The molecule has 0 aliphatic heterocycles. The summed E-state index contributed by atoms with van der Waals surface area (Å²) in [7, 11) is 2.25. The number of ether oxygens (including phenoxy) is 1. The molecule has 1 atom stereocenters. The lowest BCUT2D eigenvalue weighted by molar-refractivity contribution is 0.145. The fraction of sp³-hybridized carbons (Fsp3) is 0.647. The summed E-state index contributed by atoms with van der Waals surface area (Å²) < 4.78 is 5.79. The molecule has 0 saturated heterocycles. The Morgan fingerprint density at radius 3 is 2.65 bits per heavy atom. The number of nitrogens with one attached hydrogen (secondary N) is 1. The third-order valence-corrected chi connectivity index (χ3v) is 4.21. The van der Waals surface area contributed by atoms with Crippen molar-refractivity contribution in [3.05, 3.63) is 29.8 Å². The number of nitrogens with zero attached hydrogens (tertiary/aromatic N) is 1. The Bertz CT molecular complexity index is 404. The summed E-state index contributed by atoms with van der Waals surface area (Å²) in [5, 5.41) is 3.61. The van der Waals surface area contributed by atoms with Crippen LogP contribution in [-0.4, -0.2) is 37.7 Å². The average molecular weight is 276 g/mol. The number of para-hydroxylation sites is 1. The molecule has 0 radical (unpaired) electrons. The second-order valence-electron chi connectivity index (χ2n) is 5.61. The lowest BCUT2D eigenvalue weighted by Crippen LogP contribution is -2.42. The SMILES string of the molecule is CCNC(CN(C)C1CCC1)c1ccccc1OCC. The highest BCUT2D eigenvalue weighted by Crippen LogP contribution is 2.29. The predicted molar refractivity (Wildman–Crippen MR) is 84.3 cm³/mol. The molecule has 3 heteroatoms. The summed E-state index contributed by atoms with van der Waals surface area (Å²) in [6, 6.07) is 9.53. The van der Waals surface area contributed by atoms with Crippen molar-refractivity contribution in [3.63, 3.8) is 0 Å². The maximum Gasteiger partial charge on any atom is 0.124 e. The van der Waals surface area contributed by atoms with Crippen LogP contribution in [0.25, 0.3) is 0 Å². The molecule has 1 aromatic rings. The fourth-order valence-electron chi connectivity index (χ4n) is 2.84. The lowest BCUT2D eigenvalue weighted by Gasteiger charge is -2.37. The van der Waals surface area contributed by atoms with Gasteiger partial charge in [-0.2, -0.15) is 0 Å². The van der Waals surface area contributed by atoms with Crippen LogP contribution in [0.1, 0.15) is 44.7 Å². The van der Waals surface area contributed by atoms with E-state index in [0.717, 1.165) is 24.9 Å². The standard InChI is InChI=1S/C17H28N2O/c1-4-18-16(13-19(3)14-9-8-10-14)15-11-6-7-12-17(15)20-5-2/h6-7,11-12,14,16,18H,4-5,8-10,13H2,1-3H3. The first-order valence-corrected chi connectivity index (χ1v) is 7.91. The van der Waals surface area contributed by atoms with Crippen molar-refractivity contribution in [2.24, 2.45) is 0 Å². The van der Waals surface area contributed by atoms with Gasteiger partial charge in [0.25, 0.3) is 0 Å². The van der Waals surface area contributed by atoms with Crippen LogP contribution in [0.3, 0.4) is 0 Å². The van der Waals surface area contributed by atoms with Crippen molar-refractivity contribution in [1.29, 1.82) is 0 Å². The molecule has 2 rings (SSSR count). The van der Waals surface area contributed by atoms with Gasteiger partial charge in [0.15, 0.2) is 0 Å². The second-order valence-corrected chi connectivity index (χ2v) is 5.61. The Hall–Kier alpha value is -1.06. The van der Waals surface area contributed by atoms with Crippen molar-refractivity contribution >= 4 is 0 Å². The Labute approximate surface area is 123 Å². The van der Waals surface area contributed by atoms with Crippen LogP contribution in [0, 0.1) is 0 Å². The van der Waals surface area contributed by atoms with Crippen LogP contribution in [-0.2, 0) is 0 Å². The van der Waals surface area contributed by atoms with E-state index < -0.39 is 0 Å². The molecule has 0 heterocycles. The zero-order valence-corrected chi connectivity index (χ0v) is 13.1. The number of benzene rings is 1. The van der Waals surface area contributed by atoms with Crippen LogP contribution in [0.15, 0.2) is 24.3 Å². The highest BCUT2D eigenvalue weighted by Gasteiger charge is 2.25. The average Bonchev–Trinajstić information content (AvgIpc) is 2.37. The quantitative estimate of drug-likeness (QED) is 0.789. The van der Waals surface area contributed by atoms with Crippen LogP contribution >= 0.6 is 0 Å². The Kier molecular flexibility index (Phi) is 5.86. The molecule has 1 unspecified atom stereocenters. The third-order valence-electron chi connectivity index (χ3n) is 4.21. The van der Waals surface area contributed by atoms with Gasteiger partial charge in [-0.25, -0.2) is 0 Å². The van der Waals surface area contributed by atoms with E-state index in [4.69, 9.17) is 4.74 Å². The highest BCUT2D eigenvalue weighted by molar-refractivity contribution is 5.36. The first kappa shape index (κ1) is 15.3. The lowest BCUT2D eigenvalue weighted by atomic mass is 9.91. The van der Waals surface area contributed by atoms with Gasteiger partial charge < -0.3 is 15.0 Å². The Morgan fingerprint density at radius 2 is 2.05 bits per heavy atom. The van der Waals surface area contributed by atoms with Crippen LogP contribution in [0.5, 0.6) is 5.75 Å². The molecule has 0 spiro atoms. The summed E-state index contributed by atoms with van der Waals surface area (Å²) in [4.78, 5) is 2.50. The normalized spacial score (nSPS) is 17.0. The largest absolute Gasteiger partial charge is 0.494 e. The van der Waals surface area contributed by atoms with Crippen molar-refractivity contribution in [2.75, 3.05) is 26.7 Å². The molecule has 1 saturated carbocycles. The number of likely N-dealkylation sites (N-methyl/N-ethyl adjacent to an activating group) is 2. The number of hydrogen-bond donors (Lipinski definition) is 1. The predicted octanol–water partition coefficient (Wildman–Crippen LogP) is 3.22. The molecule has 1 aliphatic carbocycles. The summed E-state index contributed by atoms with van der Waals surface area (Å²) >= 11 is 0. The van der Waals surface area contributed by atoms with Crippen molar-refractivity contribution < 1.29 is 4.74 Å². The van der Waals surface area contributed by atoms with Gasteiger partial charge in [-0.1, -0.05) is 31.5 Å². The maximum absolute atomic E-state index is 5.79. The molecule has 112 valence electrons. The minimum atomic E-state index is 0.341. The van der Waals surface area contributed by atoms with Crippen LogP contribution in [0.4, 0.5) is 0 Å². The van der Waals surface area contributed by atoms with E-state index in [1.54, 1.807) is 0 Å². The van der Waals surface area contributed by atoms with Gasteiger partial charge in [0, 0.05) is 24.2 Å². The van der Waals surface area contributed by atoms with Gasteiger partial charge in [-0.05, 0) is 39.4 Å². The van der Waals surface area contributed by atoms with Crippen molar-refractivity contribution in [1.82, 2.24) is 10.2 Å². The zero-order valence-electron chi connectivity index (χ0n) is 13.1. The van der Waals surface area contributed by atoms with Crippen LogP contribution in [0.2, 0.25) is 0 Å². The van der Waals surface area contributed by atoms with E-state index in [1.807, 2.05) is 13.0 Å². The summed E-state index contributed by atoms with van der Waals surface area (Å²) in [5.74, 6) is 1.02. The van der Waals surface area contributed by atoms with Crippen LogP contribution < -0.4 is 10.1 Å². The van der Waals surface area contributed by atoms with E-state index in [-0.39, 0.29) is 0 Å². The van der Waals surface area contributed by atoms with Gasteiger partial charge in [-0.3, -0.25) is 0 Å². The second kappa shape index (κ2) is 7.65. The van der Waals surface area contributed by atoms with E-state index in [0.29, 0.717) is 12.6 Å². The monoisotopic (exact) mass is 276 g/mol. The van der Waals surface area contributed by atoms with Crippen molar-refractivity contribution in [2.45, 2.75) is 45.2 Å². The number of hydrogen-bond acceptors (Lipinski definition) is 3. The fourth-order valence-corrected chi connectivity index (χ4v) is 2.84. The molecule has 0 bridgehead atoms. The van der Waals surface area contributed by atoms with Gasteiger partial charge in [0.2, 0.25) is 0 Å². The first-order valence-electron chi connectivity index (χ1n) is 7.91. The zero-order chi connectivity index (χ0) is 14.4. The molecule has 3 nitrogen and oxygen atoms in total. The topological polar surface area (TPSA) is 24.5 Å². The Balaban J connectivity index is 2.10. The molecule has 1 fully saturated rings. The maximum atomic E-state index is 5.79. The molecule has 0 amide bonds. The smallest absolute Gasteiger partial charge is 0.124 e. The minimum Gasteiger partial charge on any atom is -0.494 e. The van der Waals surface area contributed by atoms with Gasteiger partial charge >= 0.3 is 0 Å². The molecule has 1 aromatic carbocycles. The molecule has 1 N–H and O–H groups in total. The van der Waals surface area contributed by atoms with E-state index in [9.17, 15) is 0 Å². The first-order chi connectivity index (χ1) is 9.76. The highest BCUT2D eigenvalue weighted by atomic mass is 16.5. The number of rotatable bonds is 8. The molecule has 20 heavy (non-hydrogen) atoms.